The molecule has 1 aliphatic heterocycles. The van der Waals surface area contributed by atoms with Gasteiger partial charge in [0.25, 0.3) is 0 Å². The molecule has 1 unspecified atom stereocenters. The number of rotatable bonds is 5. The fourth-order valence-electron chi connectivity index (χ4n) is 2.72. The van der Waals surface area contributed by atoms with Crippen LogP contribution in [0, 0.1) is 11.7 Å². The van der Waals surface area contributed by atoms with Gasteiger partial charge in [0, 0.05) is 29.1 Å². The van der Waals surface area contributed by atoms with E-state index in [1.54, 1.807) is 12.1 Å². The molecule has 1 atom stereocenters. The highest BCUT2D eigenvalue weighted by Crippen LogP contribution is 2.24. The summed E-state index contributed by atoms with van der Waals surface area (Å²) in [7, 11) is 0. The number of nitrogens with one attached hydrogen (secondary N) is 1. The number of hydrogen-bond donors (Lipinski definition) is 1. The van der Waals surface area contributed by atoms with Gasteiger partial charge in [0.15, 0.2) is 0 Å². The Balaban J connectivity index is 1.86. The zero-order valence-electron chi connectivity index (χ0n) is 13.2. The van der Waals surface area contributed by atoms with Crippen molar-refractivity contribution in [1.29, 1.82) is 0 Å². The summed E-state index contributed by atoms with van der Waals surface area (Å²) in [6.45, 7) is 6.18. The zero-order chi connectivity index (χ0) is 16.1. The van der Waals surface area contributed by atoms with Crippen LogP contribution in [0.4, 0.5) is 4.39 Å². The molecule has 1 heterocycles. The third kappa shape index (κ3) is 4.43. The number of likely N-dealkylation sites (tertiary alicyclic amines) is 1. The summed E-state index contributed by atoms with van der Waals surface area (Å²) in [5.41, 5.74) is 0.548. The molecule has 0 spiro atoms. The number of hydrogen-bond acceptors (Lipinski definition) is 2. The number of carbonyl (C=O) groups excluding carboxylic acids is 1. The molecule has 0 saturated carbocycles. The Morgan fingerprint density at radius 2 is 2.14 bits per heavy atom. The molecular formula is C17H24ClFN2O. The van der Waals surface area contributed by atoms with Gasteiger partial charge in [-0.25, -0.2) is 4.39 Å². The molecule has 22 heavy (non-hydrogen) atoms. The van der Waals surface area contributed by atoms with Gasteiger partial charge in [-0.3, -0.25) is 9.69 Å². The second kappa shape index (κ2) is 7.93. The van der Waals surface area contributed by atoms with Crippen molar-refractivity contribution < 1.29 is 9.18 Å². The Kier molecular flexibility index (Phi) is 6.21. The van der Waals surface area contributed by atoms with Crippen LogP contribution in [0.5, 0.6) is 0 Å². The van der Waals surface area contributed by atoms with E-state index in [-0.39, 0.29) is 23.7 Å². The van der Waals surface area contributed by atoms with Crippen LogP contribution in [-0.2, 0) is 11.3 Å². The van der Waals surface area contributed by atoms with Crippen molar-refractivity contribution in [1.82, 2.24) is 10.2 Å². The van der Waals surface area contributed by atoms with Crippen molar-refractivity contribution in [3.63, 3.8) is 0 Å². The lowest BCUT2D eigenvalue weighted by molar-refractivity contribution is -0.127. The van der Waals surface area contributed by atoms with Crippen molar-refractivity contribution in [2.24, 2.45) is 5.92 Å². The van der Waals surface area contributed by atoms with Crippen LogP contribution in [0.3, 0.4) is 0 Å². The molecule has 1 aliphatic rings. The Morgan fingerprint density at radius 1 is 1.45 bits per heavy atom. The van der Waals surface area contributed by atoms with E-state index in [0.29, 0.717) is 17.1 Å². The van der Waals surface area contributed by atoms with E-state index in [2.05, 4.69) is 17.1 Å². The van der Waals surface area contributed by atoms with Gasteiger partial charge in [-0.2, -0.15) is 0 Å². The van der Waals surface area contributed by atoms with Crippen molar-refractivity contribution in [2.75, 3.05) is 13.1 Å². The highest BCUT2D eigenvalue weighted by molar-refractivity contribution is 6.31. The molecule has 0 aromatic heterocycles. The Morgan fingerprint density at radius 3 is 2.73 bits per heavy atom. The molecule has 1 fully saturated rings. The number of halogens is 2. The van der Waals surface area contributed by atoms with Crippen LogP contribution in [0.1, 0.15) is 38.7 Å². The maximum atomic E-state index is 13.8. The molecule has 5 heteroatoms. The molecule has 1 saturated heterocycles. The number of nitrogens with zero attached hydrogens (tertiary/aromatic N) is 1. The summed E-state index contributed by atoms with van der Waals surface area (Å²) < 4.78 is 13.8. The van der Waals surface area contributed by atoms with Crippen LogP contribution in [-0.4, -0.2) is 29.9 Å². The SMILES string of the molecule is CCC(C)NC(=O)C1CCN(Cc2c(F)cccc2Cl)CC1. The lowest BCUT2D eigenvalue weighted by Crippen LogP contribution is -2.42. The standard InChI is InChI=1S/C17H24ClFN2O/c1-3-12(2)20-17(22)13-7-9-21(10-8-13)11-14-15(18)5-4-6-16(14)19/h4-6,12-13H,3,7-11H2,1-2H3,(H,20,22). The lowest BCUT2D eigenvalue weighted by Gasteiger charge is -2.32. The van der Waals surface area contributed by atoms with E-state index in [4.69, 9.17) is 11.6 Å². The number of carbonyl (C=O) groups is 1. The number of amides is 1. The number of piperidine rings is 1. The first kappa shape index (κ1) is 17.2. The molecule has 1 aromatic rings. The molecule has 0 aliphatic carbocycles. The van der Waals surface area contributed by atoms with Crippen molar-refractivity contribution in [2.45, 2.75) is 45.7 Å². The summed E-state index contributed by atoms with van der Waals surface area (Å²) in [6.07, 6.45) is 2.57. The zero-order valence-corrected chi connectivity index (χ0v) is 14.0. The van der Waals surface area contributed by atoms with Crippen LogP contribution in [0.15, 0.2) is 18.2 Å². The number of benzene rings is 1. The second-order valence-corrected chi connectivity index (χ2v) is 6.48. The first-order valence-corrected chi connectivity index (χ1v) is 8.34. The molecule has 2 rings (SSSR count). The van der Waals surface area contributed by atoms with Gasteiger partial charge in [0.1, 0.15) is 5.82 Å². The third-order valence-electron chi connectivity index (χ3n) is 4.40. The van der Waals surface area contributed by atoms with Crippen molar-refractivity contribution >= 4 is 17.5 Å². The molecular weight excluding hydrogens is 303 g/mol. The predicted molar refractivity (Wildman–Crippen MR) is 87.3 cm³/mol. The van der Waals surface area contributed by atoms with Crippen LogP contribution >= 0.6 is 11.6 Å². The summed E-state index contributed by atoms with van der Waals surface area (Å²) in [5, 5.41) is 3.51. The fraction of sp³-hybridized carbons (Fsp3) is 0.588. The van der Waals surface area contributed by atoms with Gasteiger partial charge < -0.3 is 5.32 Å². The monoisotopic (exact) mass is 326 g/mol. The minimum atomic E-state index is -0.260. The first-order valence-electron chi connectivity index (χ1n) is 7.96. The first-order chi connectivity index (χ1) is 10.5. The molecule has 3 nitrogen and oxygen atoms in total. The molecule has 122 valence electrons. The van der Waals surface area contributed by atoms with Gasteiger partial charge in [-0.05, 0) is 51.4 Å². The molecule has 1 N–H and O–H groups in total. The predicted octanol–water partition coefficient (Wildman–Crippen LogP) is 3.61. The minimum Gasteiger partial charge on any atom is -0.353 e. The Bertz CT molecular complexity index is 495. The smallest absolute Gasteiger partial charge is 0.223 e. The summed E-state index contributed by atoms with van der Waals surface area (Å²) in [6, 6.07) is 5.00. The van der Waals surface area contributed by atoms with Gasteiger partial charge >= 0.3 is 0 Å². The minimum absolute atomic E-state index is 0.0707. The van der Waals surface area contributed by atoms with Crippen LogP contribution in [0.2, 0.25) is 5.02 Å². The normalized spacial score (nSPS) is 18.2. The molecule has 1 amide bonds. The van der Waals surface area contributed by atoms with E-state index >= 15 is 0 Å². The average Bonchev–Trinajstić information content (AvgIpc) is 2.51. The van der Waals surface area contributed by atoms with E-state index < -0.39 is 0 Å². The summed E-state index contributed by atoms with van der Waals surface area (Å²) in [5.74, 6) is -0.0385. The highest BCUT2D eigenvalue weighted by Gasteiger charge is 2.26. The molecule has 0 bridgehead atoms. The van der Waals surface area contributed by atoms with Crippen LogP contribution in [0.25, 0.3) is 0 Å². The van der Waals surface area contributed by atoms with E-state index in [9.17, 15) is 9.18 Å². The van der Waals surface area contributed by atoms with Crippen molar-refractivity contribution in [3.8, 4) is 0 Å². The topological polar surface area (TPSA) is 32.3 Å². The third-order valence-corrected chi connectivity index (χ3v) is 4.76. The Hall–Kier alpha value is -1.13. The quantitative estimate of drug-likeness (QED) is 0.896. The van der Waals surface area contributed by atoms with E-state index in [0.717, 1.165) is 32.4 Å². The molecule has 1 aromatic carbocycles. The summed E-state index contributed by atoms with van der Waals surface area (Å²) in [4.78, 5) is 14.3. The molecule has 0 radical (unpaired) electrons. The van der Waals surface area contributed by atoms with Crippen molar-refractivity contribution in [3.05, 3.63) is 34.6 Å². The van der Waals surface area contributed by atoms with E-state index in [1.165, 1.54) is 6.07 Å². The second-order valence-electron chi connectivity index (χ2n) is 6.07. The van der Waals surface area contributed by atoms with Gasteiger partial charge in [0.2, 0.25) is 5.91 Å². The Labute approximate surface area is 136 Å². The largest absolute Gasteiger partial charge is 0.353 e. The lowest BCUT2D eigenvalue weighted by atomic mass is 9.95. The van der Waals surface area contributed by atoms with E-state index in [1.807, 2.05) is 6.92 Å². The van der Waals surface area contributed by atoms with Crippen LogP contribution < -0.4 is 5.32 Å². The highest BCUT2D eigenvalue weighted by atomic mass is 35.5. The van der Waals surface area contributed by atoms with Gasteiger partial charge in [-0.15, -0.1) is 0 Å². The maximum Gasteiger partial charge on any atom is 0.223 e. The van der Waals surface area contributed by atoms with Gasteiger partial charge in [0.05, 0.1) is 0 Å². The fourth-order valence-corrected chi connectivity index (χ4v) is 2.95. The summed E-state index contributed by atoms with van der Waals surface area (Å²) >= 11 is 6.07. The van der Waals surface area contributed by atoms with Gasteiger partial charge in [-0.1, -0.05) is 24.6 Å². The average molecular weight is 327 g/mol. The maximum absolute atomic E-state index is 13.8.